The number of nitrogens with zero attached hydrogens (tertiary/aromatic N) is 2. The van der Waals surface area contributed by atoms with Crippen LogP contribution in [0.2, 0.25) is 0 Å². The first-order valence-corrected chi connectivity index (χ1v) is 9.85. The van der Waals surface area contributed by atoms with Crippen molar-refractivity contribution in [1.29, 1.82) is 0 Å². The third kappa shape index (κ3) is 5.33. The summed E-state index contributed by atoms with van der Waals surface area (Å²) in [7, 11) is 1.42. The lowest BCUT2D eigenvalue weighted by Crippen LogP contribution is -2.47. The molecule has 0 N–H and O–H groups in total. The fraction of sp³-hybridized carbons (Fsp3) is 0.400. The summed E-state index contributed by atoms with van der Waals surface area (Å²) in [5, 5.41) is 0. The van der Waals surface area contributed by atoms with Crippen molar-refractivity contribution in [2.45, 2.75) is 19.3 Å². The molecule has 0 saturated carbocycles. The Balaban J connectivity index is 1.66. The summed E-state index contributed by atoms with van der Waals surface area (Å²) in [5.41, 5.74) is 1.51. The predicted molar refractivity (Wildman–Crippen MR) is 106 cm³/mol. The van der Waals surface area contributed by atoms with Gasteiger partial charge in [-0.05, 0) is 52.7 Å². The van der Waals surface area contributed by atoms with Gasteiger partial charge in [-0.2, -0.15) is 0 Å². The molecule has 1 saturated heterocycles. The van der Waals surface area contributed by atoms with E-state index in [4.69, 9.17) is 4.74 Å². The first kappa shape index (κ1) is 21.7. The number of anilines is 1. The second kappa shape index (κ2) is 8.79. The molecule has 0 aromatic heterocycles. The molecule has 0 amide bonds. The van der Waals surface area contributed by atoms with Crippen LogP contribution < -0.4 is 14.4 Å². The maximum atomic E-state index is 14.0. The summed E-state index contributed by atoms with van der Waals surface area (Å²) in [6, 6.07) is 9.62. The molecule has 29 heavy (non-hydrogen) atoms. The quantitative estimate of drug-likeness (QED) is 0.541. The predicted octanol–water partition coefficient (Wildman–Crippen LogP) is 5.38. The van der Waals surface area contributed by atoms with E-state index >= 15 is 0 Å². The molecule has 1 heterocycles. The molecule has 1 atom stereocenters. The summed E-state index contributed by atoms with van der Waals surface area (Å²) in [6.07, 6.45) is -4.75. The fourth-order valence-electron chi connectivity index (χ4n) is 3.41. The van der Waals surface area contributed by atoms with Crippen LogP contribution in [0.5, 0.6) is 11.5 Å². The van der Waals surface area contributed by atoms with Crippen LogP contribution in [0, 0.1) is 5.82 Å². The number of halogens is 5. The number of piperazine rings is 1. The second-order valence-electron chi connectivity index (χ2n) is 6.76. The van der Waals surface area contributed by atoms with Crippen molar-refractivity contribution in [2.24, 2.45) is 0 Å². The lowest BCUT2D eigenvalue weighted by molar-refractivity contribution is -0.274. The minimum Gasteiger partial charge on any atom is -0.494 e. The van der Waals surface area contributed by atoms with Gasteiger partial charge in [-0.25, -0.2) is 4.39 Å². The molecule has 0 aliphatic carbocycles. The zero-order chi connectivity index (χ0) is 21.2. The second-order valence-corrected chi connectivity index (χ2v) is 7.61. The molecule has 0 bridgehead atoms. The van der Waals surface area contributed by atoms with Crippen molar-refractivity contribution in [3.63, 3.8) is 0 Å². The van der Waals surface area contributed by atoms with Crippen molar-refractivity contribution in [3.05, 3.63) is 52.3 Å². The van der Waals surface area contributed by atoms with E-state index in [2.05, 4.69) is 25.6 Å². The van der Waals surface area contributed by atoms with Gasteiger partial charge >= 0.3 is 6.36 Å². The normalized spacial score (nSPS) is 16.6. The zero-order valence-corrected chi connectivity index (χ0v) is 17.6. The van der Waals surface area contributed by atoms with Crippen LogP contribution in [0.15, 0.2) is 40.9 Å². The highest BCUT2D eigenvalue weighted by molar-refractivity contribution is 9.10. The Kier molecular flexibility index (Phi) is 6.58. The maximum absolute atomic E-state index is 14.0. The molecule has 2 aromatic carbocycles. The Labute approximate surface area is 175 Å². The van der Waals surface area contributed by atoms with E-state index in [-0.39, 0.29) is 22.0 Å². The average molecular weight is 477 g/mol. The van der Waals surface area contributed by atoms with Crippen LogP contribution in [0.25, 0.3) is 0 Å². The molecule has 0 unspecified atom stereocenters. The van der Waals surface area contributed by atoms with Crippen LogP contribution in [0.3, 0.4) is 0 Å². The van der Waals surface area contributed by atoms with Crippen molar-refractivity contribution < 1.29 is 27.0 Å². The standard InChI is InChI=1S/C20H21BrF4N2O2/c1-13(14-3-6-18(28-2)17(22)11-14)26-7-9-27(10-8-26)15-4-5-16(21)19(12-15)29-20(23,24)25/h3-6,11-13H,7-10H2,1-2H3/t13-/m1/s1. The highest BCUT2D eigenvalue weighted by atomic mass is 79.9. The number of hydrogen-bond acceptors (Lipinski definition) is 4. The van der Waals surface area contributed by atoms with Crippen LogP contribution >= 0.6 is 15.9 Å². The summed E-state index contributed by atoms with van der Waals surface area (Å²) >= 11 is 3.09. The molecule has 0 radical (unpaired) electrons. The molecule has 2 aromatic rings. The highest BCUT2D eigenvalue weighted by Gasteiger charge is 2.32. The molecule has 0 spiro atoms. The summed E-state index contributed by atoms with van der Waals surface area (Å²) in [4.78, 5) is 4.22. The number of ether oxygens (including phenoxy) is 2. The molecule has 1 fully saturated rings. The van der Waals surface area contributed by atoms with E-state index in [0.717, 1.165) is 5.56 Å². The lowest BCUT2D eigenvalue weighted by atomic mass is 10.1. The summed E-state index contributed by atoms with van der Waals surface area (Å²) < 4.78 is 61.0. The van der Waals surface area contributed by atoms with Gasteiger partial charge < -0.3 is 14.4 Å². The fourth-order valence-corrected chi connectivity index (χ4v) is 3.74. The highest BCUT2D eigenvalue weighted by Crippen LogP contribution is 2.35. The van der Waals surface area contributed by atoms with Crippen LogP contribution in [-0.4, -0.2) is 44.6 Å². The largest absolute Gasteiger partial charge is 0.573 e. The number of alkyl halides is 3. The molecule has 4 nitrogen and oxygen atoms in total. The minimum absolute atomic E-state index is 0.00611. The van der Waals surface area contributed by atoms with Crippen molar-refractivity contribution in [3.8, 4) is 11.5 Å². The van der Waals surface area contributed by atoms with Crippen LogP contribution in [-0.2, 0) is 0 Å². The first-order valence-electron chi connectivity index (χ1n) is 9.05. The Morgan fingerprint density at radius 3 is 2.28 bits per heavy atom. The Morgan fingerprint density at radius 2 is 1.69 bits per heavy atom. The number of hydrogen-bond donors (Lipinski definition) is 0. The van der Waals surface area contributed by atoms with Crippen molar-refractivity contribution in [1.82, 2.24) is 4.90 Å². The van der Waals surface area contributed by atoms with Crippen molar-refractivity contribution >= 4 is 21.6 Å². The number of rotatable bonds is 5. The van der Waals surface area contributed by atoms with E-state index in [1.165, 1.54) is 19.2 Å². The molecule has 9 heteroatoms. The first-order chi connectivity index (χ1) is 13.7. The molecule has 1 aliphatic rings. The van der Waals surface area contributed by atoms with Gasteiger partial charge in [-0.15, -0.1) is 13.2 Å². The Bertz CT molecular complexity index is 855. The zero-order valence-electron chi connectivity index (χ0n) is 16.0. The topological polar surface area (TPSA) is 24.9 Å². The molecular formula is C20H21BrF4N2O2. The Hall–Kier alpha value is -2.00. The van der Waals surface area contributed by atoms with Crippen LogP contribution in [0.4, 0.5) is 23.2 Å². The SMILES string of the molecule is COc1ccc([C@@H](C)N2CCN(c3ccc(Br)c(OC(F)(F)F)c3)CC2)cc1F. The van der Waals surface area contributed by atoms with E-state index in [1.807, 2.05) is 17.9 Å². The molecule has 158 valence electrons. The summed E-state index contributed by atoms with van der Waals surface area (Å²) in [5.74, 6) is -0.458. The third-order valence-corrected chi connectivity index (χ3v) is 5.68. The summed E-state index contributed by atoms with van der Waals surface area (Å²) in [6.45, 7) is 4.67. The smallest absolute Gasteiger partial charge is 0.494 e. The van der Waals surface area contributed by atoms with Gasteiger partial charge in [0.25, 0.3) is 0 Å². The molecule has 3 rings (SSSR count). The van der Waals surface area contributed by atoms with E-state index in [9.17, 15) is 17.6 Å². The van der Waals surface area contributed by atoms with Gasteiger partial charge in [0.1, 0.15) is 5.75 Å². The van der Waals surface area contributed by atoms with Gasteiger partial charge in [0.15, 0.2) is 11.6 Å². The maximum Gasteiger partial charge on any atom is 0.573 e. The molecular weight excluding hydrogens is 456 g/mol. The van der Waals surface area contributed by atoms with Gasteiger partial charge in [0, 0.05) is 44.0 Å². The van der Waals surface area contributed by atoms with Gasteiger partial charge in [-0.1, -0.05) is 6.07 Å². The van der Waals surface area contributed by atoms with Gasteiger partial charge in [0.2, 0.25) is 0 Å². The van der Waals surface area contributed by atoms with Gasteiger partial charge in [0.05, 0.1) is 11.6 Å². The van der Waals surface area contributed by atoms with E-state index in [1.54, 1.807) is 18.2 Å². The van der Waals surface area contributed by atoms with E-state index in [0.29, 0.717) is 31.9 Å². The number of methoxy groups -OCH3 is 1. The van der Waals surface area contributed by atoms with Crippen molar-refractivity contribution in [2.75, 3.05) is 38.2 Å². The average Bonchev–Trinajstić information content (AvgIpc) is 2.68. The lowest BCUT2D eigenvalue weighted by Gasteiger charge is -2.39. The number of benzene rings is 2. The monoisotopic (exact) mass is 476 g/mol. The third-order valence-electron chi connectivity index (χ3n) is 5.03. The minimum atomic E-state index is -4.75. The van der Waals surface area contributed by atoms with Crippen LogP contribution in [0.1, 0.15) is 18.5 Å². The van der Waals surface area contributed by atoms with E-state index < -0.39 is 12.2 Å². The Morgan fingerprint density at radius 1 is 1.00 bits per heavy atom. The van der Waals surface area contributed by atoms with Gasteiger partial charge in [-0.3, -0.25) is 4.90 Å². The molecule has 1 aliphatic heterocycles.